The topological polar surface area (TPSA) is 48.1 Å². The van der Waals surface area contributed by atoms with E-state index in [1.807, 2.05) is 13.8 Å². The molecule has 0 bridgehead atoms. The number of benzene rings is 1. The fourth-order valence-corrected chi connectivity index (χ4v) is 2.19. The van der Waals surface area contributed by atoms with Gasteiger partial charge in [0, 0.05) is 17.8 Å². The first kappa shape index (κ1) is 14.4. The predicted octanol–water partition coefficient (Wildman–Crippen LogP) is 3.57. The standard InChI is InChI=1S/C15H15FN2OS/c1-8-4-5-11(7-12(8)16)19-13-6-9(2)18-10(3)14(13)15(17)20/h4-7H,1-3H3,(H2,17,20). The van der Waals surface area contributed by atoms with Crippen LogP contribution in [0.25, 0.3) is 0 Å². The third-order valence-corrected chi connectivity index (χ3v) is 3.11. The molecule has 2 aromatic rings. The van der Waals surface area contributed by atoms with Crippen LogP contribution in [0.15, 0.2) is 24.3 Å². The summed E-state index contributed by atoms with van der Waals surface area (Å²) in [5.74, 6) is 0.572. The van der Waals surface area contributed by atoms with Crippen molar-refractivity contribution in [3.63, 3.8) is 0 Å². The first-order valence-electron chi connectivity index (χ1n) is 6.10. The van der Waals surface area contributed by atoms with Gasteiger partial charge in [-0.3, -0.25) is 4.98 Å². The summed E-state index contributed by atoms with van der Waals surface area (Å²) in [6, 6.07) is 6.43. The maximum Gasteiger partial charge on any atom is 0.141 e. The summed E-state index contributed by atoms with van der Waals surface area (Å²) in [6.07, 6.45) is 0. The molecule has 1 aromatic heterocycles. The second kappa shape index (κ2) is 5.54. The molecule has 0 radical (unpaired) electrons. The van der Waals surface area contributed by atoms with Crippen molar-refractivity contribution in [3.8, 4) is 11.5 Å². The van der Waals surface area contributed by atoms with Crippen molar-refractivity contribution < 1.29 is 9.13 Å². The largest absolute Gasteiger partial charge is 0.456 e. The highest BCUT2D eigenvalue weighted by molar-refractivity contribution is 7.80. The molecule has 0 saturated carbocycles. The summed E-state index contributed by atoms with van der Waals surface area (Å²) < 4.78 is 19.3. The van der Waals surface area contributed by atoms with E-state index in [-0.39, 0.29) is 10.8 Å². The van der Waals surface area contributed by atoms with Crippen LogP contribution in [0.4, 0.5) is 4.39 Å². The number of aryl methyl sites for hydroxylation is 3. The SMILES string of the molecule is Cc1cc(Oc2ccc(C)c(F)c2)c(C(N)=S)c(C)n1. The molecule has 0 saturated heterocycles. The molecule has 3 nitrogen and oxygen atoms in total. The molecule has 0 atom stereocenters. The van der Waals surface area contributed by atoms with Gasteiger partial charge in [0.05, 0.1) is 11.3 Å². The number of hydrogen-bond acceptors (Lipinski definition) is 3. The zero-order valence-corrected chi connectivity index (χ0v) is 12.3. The fraction of sp³-hybridized carbons (Fsp3) is 0.200. The molecule has 1 heterocycles. The van der Waals surface area contributed by atoms with Gasteiger partial charge in [-0.2, -0.15) is 0 Å². The highest BCUT2D eigenvalue weighted by Crippen LogP contribution is 2.28. The van der Waals surface area contributed by atoms with Gasteiger partial charge in [0.2, 0.25) is 0 Å². The lowest BCUT2D eigenvalue weighted by Gasteiger charge is -2.13. The smallest absolute Gasteiger partial charge is 0.141 e. The van der Waals surface area contributed by atoms with E-state index in [1.54, 1.807) is 25.1 Å². The van der Waals surface area contributed by atoms with Crippen LogP contribution >= 0.6 is 12.2 Å². The quantitative estimate of drug-likeness (QED) is 0.878. The highest BCUT2D eigenvalue weighted by Gasteiger charge is 2.13. The molecule has 5 heteroatoms. The molecule has 0 amide bonds. The van der Waals surface area contributed by atoms with Gasteiger partial charge in [-0.25, -0.2) is 4.39 Å². The van der Waals surface area contributed by atoms with Crippen molar-refractivity contribution in [1.82, 2.24) is 4.98 Å². The molecular formula is C15H15FN2OS. The predicted molar refractivity (Wildman–Crippen MR) is 80.8 cm³/mol. The number of ether oxygens (including phenoxy) is 1. The van der Waals surface area contributed by atoms with E-state index in [2.05, 4.69) is 4.98 Å². The minimum atomic E-state index is -0.318. The Labute approximate surface area is 122 Å². The Balaban J connectivity index is 2.47. The molecule has 1 aromatic carbocycles. The average molecular weight is 290 g/mol. The zero-order chi connectivity index (χ0) is 14.9. The zero-order valence-electron chi connectivity index (χ0n) is 11.5. The van der Waals surface area contributed by atoms with E-state index in [4.69, 9.17) is 22.7 Å². The number of hydrogen-bond donors (Lipinski definition) is 1. The Kier molecular flexibility index (Phi) is 3.99. The minimum absolute atomic E-state index is 0.206. The highest BCUT2D eigenvalue weighted by atomic mass is 32.1. The Morgan fingerprint density at radius 3 is 2.55 bits per heavy atom. The van der Waals surface area contributed by atoms with E-state index in [1.165, 1.54) is 6.07 Å². The Hall–Kier alpha value is -2.01. The summed E-state index contributed by atoms with van der Waals surface area (Å²) in [5.41, 5.74) is 8.33. The van der Waals surface area contributed by atoms with Crippen molar-refractivity contribution in [3.05, 3.63) is 52.6 Å². The molecule has 0 aliphatic rings. The van der Waals surface area contributed by atoms with Gasteiger partial charge in [0.15, 0.2) is 0 Å². The molecule has 0 spiro atoms. The van der Waals surface area contributed by atoms with Crippen molar-refractivity contribution in [2.45, 2.75) is 20.8 Å². The van der Waals surface area contributed by atoms with Gasteiger partial charge in [-0.1, -0.05) is 18.3 Å². The number of pyridine rings is 1. The van der Waals surface area contributed by atoms with Crippen LogP contribution in [0.5, 0.6) is 11.5 Å². The third-order valence-electron chi connectivity index (χ3n) is 2.91. The van der Waals surface area contributed by atoms with Crippen molar-refractivity contribution in [2.24, 2.45) is 5.73 Å². The molecular weight excluding hydrogens is 275 g/mol. The van der Waals surface area contributed by atoms with Gasteiger partial charge < -0.3 is 10.5 Å². The van der Waals surface area contributed by atoms with Crippen LogP contribution in [-0.2, 0) is 0 Å². The van der Waals surface area contributed by atoms with Crippen LogP contribution < -0.4 is 10.5 Å². The van der Waals surface area contributed by atoms with Crippen LogP contribution in [0.1, 0.15) is 22.5 Å². The van der Waals surface area contributed by atoms with Gasteiger partial charge in [0.25, 0.3) is 0 Å². The Morgan fingerprint density at radius 1 is 1.25 bits per heavy atom. The van der Waals surface area contributed by atoms with Crippen molar-refractivity contribution >= 4 is 17.2 Å². The lowest BCUT2D eigenvalue weighted by atomic mass is 10.1. The van der Waals surface area contributed by atoms with Crippen molar-refractivity contribution in [1.29, 1.82) is 0 Å². The second-order valence-electron chi connectivity index (χ2n) is 4.60. The number of nitrogens with zero attached hydrogens (tertiary/aromatic N) is 1. The van der Waals surface area contributed by atoms with Crippen LogP contribution in [0, 0.1) is 26.6 Å². The summed E-state index contributed by atoms with van der Waals surface area (Å²) in [6.45, 7) is 5.35. The number of nitrogens with two attached hydrogens (primary N) is 1. The second-order valence-corrected chi connectivity index (χ2v) is 5.04. The van der Waals surface area contributed by atoms with E-state index >= 15 is 0 Å². The molecule has 104 valence electrons. The number of aromatic nitrogens is 1. The summed E-state index contributed by atoms with van der Waals surface area (Å²) >= 11 is 5.03. The van der Waals surface area contributed by atoms with Gasteiger partial charge >= 0.3 is 0 Å². The molecule has 2 N–H and O–H groups in total. The third kappa shape index (κ3) is 2.93. The average Bonchev–Trinajstić information content (AvgIpc) is 2.32. The summed E-state index contributed by atoms with van der Waals surface area (Å²) in [5, 5.41) is 0. The fourth-order valence-electron chi connectivity index (χ4n) is 1.94. The van der Waals surface area contributed by atoms with Crippen molar-refractivity contribution in [2.75, 3.05) is 0 Å². The van der Waals surface area contributed by atoms with E-state index in [0.29, 0.717) is 28.3 Å². The lowest BCUT2D eigenvalue weighted by Crippen LogP contribution is -2.14. The van der Waals surface area contributed by atoms with E-state index in [0.717, 1.165) is 5.69 Å². The first-order chi connectivity index (χ1) is 9.38. The maximum absolute atomic E-state index is 13.6. The van der Waals surface area contributed by atoms with E-state index in [9.17, 15) is 4.39 Å². The lowest BCUT2D eigenvalue weighted by molar-refractivity contribution is 0.473. The summed E-state index contributed by atoms with van der Waals surface area (Å²) in [4.78, 5) is 4.51. The van der Waals surface area contributed by atoms with E-state index < -0.39 is 0 Å². The number of thiocarbonyl (C=S) groups is 1. The number of halogens is 1. The van der Waals surface area contributed by atoms with Crippen LogP contribution in [0.2, 0.25) is 0 Å². The molecule has 0 aliphatic heterocycles. The normalized spacial score (nSPS) is 10.4. The minimum Gasteiger partial charge on any atom is -0.456 e. The molecule has 20 heavy (non-hydrogen) atoms. The molecule has 2 rings (SSSR count). The molecule has 0 unspecified atom stereocenters. The van der Waals surface area contributed by atoms with Gasteiger partial charge in [-0.15, -0.1) is 0 Å². The first-order valence-corrected chi connectivity index (χ1v) is 6.51. The van der Waals surface area contributed by atoms with Crippen LogP contribution in [-0.4, -0.2) is 9.97 Å². The molecule has 0 fully saturated rings. The molecule has 0 aliphatic carbocycles. The van der Waals surface area contributed by atoms with Crippen LogP contribution in [0.3, 0.4) is 0 Å². The Bertz CT molecular complexity index is 686. The van der Waals surface area contributed by atoms with Gasteiger partial charge in [-0.05, 0) is 32.4 Å². The Morgan fingerprint density at radius 2 is 1.95 bits per heavy atom. The monoisotopic (exact) mass is 290 g/mol. The number of rotatable bonds is 3. The van der Waals surface area contributed by atoms with Gasteiger partial charge in [0.1, 0.15) is 22.3 Å². The summed E-state index contributed by atoms with van der Waals surface area (Å²) in [7, 11) is 0. The maximum atomic E-state index is 13.6.